The van der Waals surface area contributed by atoms with Crippen molar-refractivity contribution < 1.29 is 19.1 Å². The predicted octanol–water partition coefficient (Wildman–Crippen LogP) is 1.43. The highest BCUT2D eigenvalue weighted by atomic mass is 16.6. The number of anilines is 1. The third-order valence-electron chi connectivity index (χ3n) is 2.65. The van der Waals surface area contributed by atoms with Gasteiger partial charge in [-0.15, -0.1) is 0 Å². The molecule has 0 saturated carbocycles. The molecule has 0 aliphatic carbocycles. The van der Waals surface area contributed by atoms with Crippen molar-refractivity contribution in [3.05, 3.63) is 29.3 Å². The third-order valence-corrected chi connectivity index (χ3v) is 2.65. The van der Waals surface area contributed by atoms with Gasteiger partial charge in [0.15, 0.2) is 6.10 Å². The Morgan fingerprint density at radius 3 is 2.88 bits per heavy atom. The van der Waals surface area contributed by atoms with Crippen LogP contribution in [-0.2, 0) is 14.3 Å². The first kappa shape index (κ1) is 11.4. The Kier molecular flexibility index (Phi) is 2.75. The molecule has 0 radical (unpaired) electrons. The summed E-state index contributed by atoms with van der Waals surface area (Å²) < 4.78 is 10.2. The largest absolute Gasteiger partial charge is 0.459 e. The molecule has 0 amide bonds. The van der Waals surface area contributed by atoms with Gasteiger partial charge < -0.3 is 15.2 Å². The van der Waals surface area contributed by atoms with Gasteiger partial charge in [0.25, 0.3) is 0 Å². The molecule has 0 spiro atoms. The van der Waals surface area contributed by atoms with Crippen molar-refractivity contribution in [1.82, 2.24) is 0 Å². The topological polar surface area (TPSA) is 78.6 Å². The predicted molar refractivity (Wildman–Crippen MR) is 60.2 cm³/mol. The minimum absolute atomic E-state index is 0.372. The maximum Gasteiger partial charge on any atom is 0.341 e. The molecule has 17 heavy (non-hydrogen) atoms. The zero-order valence-corrected chi connectivity index (χ0v) is 9.60. The molecule has 2 N–H and O–H groups in total. The van der Waals surface area contributed by atoms with Gasteiger partial charge in [-0.3, -0.25) is 4.79 Å². The molecular weight excluding hydrogens is 222 g/mol. The van der Waals surface area contributed by atoms with E-state index in [0.29, 0.717) is 16.8 Å². The molecule has 5 nitrogen and oxygen atoms in total. The van der Waals surface area contributed by atoms with Crippen LogP contribution in [0.3, 0.4) is 0 Å². The average Bonchev–Trinajstić information content (AvgIpc) is 2.56. The first-order valence-corrected chi connectivity index (χ1v) is 5.27. The van der Waals surface area contributed by atoms with Crippen LogP contribution in [0.1, 0.15) is 35.9 Å². The van der Waals surface area contributed by atoms with E-state index in [-0.39, 0.29) is 0 Å². The third kappa shape index (κ3) is 1.95. The van der Waals surface area contributed by atoms with Crippen molar-refractivity contribution in [1.29, 1.82) is 0 Å². The first-order valence-electron chi connectivity index (χ1n) is 5.27. The fraction of sp³-hybridized carbons (Fsp3) is 0.333. The van der Waals surface area contributed by atoms with E-state index in [4.69, 9.17) is 15.2 Å². The monoisotopic (exact) mass is 235 g/mol. The second kappa shape index (κ2) is 4.08. The van der Waals surface area contributed by atoms with E-state index in [1.165, 1.54) is 6.92 Å². The number of nitrogens with two attached hydrogens (primary N) is 1. The normalized spacial score (nSPS) is 19.4. The van der Waals surface area contributed by atoms with Crippen LogP contribution in [0.2, 0.25) is 0 Å². The Morgan fingerprint density at radius 1 is 1.53 bits per heavy atom. The average molecular weight is 235 g/mol. The maximum atomic E-state index is 11.6. The minimum Gasteiger partial charge on any atom is -0.459 e. The lowest BCUT2D eigenvalue weighted by atomic mass is 10.0. The number of benzene rings is 1. The summed E-state index contributed by atoms with van der Waals surface area (Å²) in [5.74, 6) is -0.881. The van der Waals surface area contributed by atoms with Gasteiger partial charge in [-0.1, -0.05) is 12.1 Å². The van der Waals surface area contributed by atoms with Crippen LogP contribution >= 0.6 is 0 Å². The van der Waals surface area contributed by atoms with Gasteiger partial charge in [0.2, 0.25) is 0 Å². The van der Waals surface area contributed by atoms with Crippen molar-refractivity contribution in [2.75, 3.05) is 5.73 Å². The van der Waals surface area contributed by atoms with E-state index in [1.807, 2.05) is 0 Å². The van der Waals surface area contributed by atoms with Gasteiger partial charge in [0.1, 0.15) is 6.10 Å². The summed E-state index contributed by atoms with van der Waals surface area (Å²) in [4.78, 5) is 22.5. The van der Waals surface area contributed by atoms with Crippen LogP contribution in [0.4, 0.5) is 5.69 Å². The molecule has 2 unspecified atom stereocenters. The summed E-state index contributed by atoms with van der Waals surface area (Å²) in [6, 6.07) is 5.13. The molecule has 1 aromatic carbocycles. The molecule has 2 rings (SSSR count). The molecule has 0 bridgehead atoms. The van der Waals surface area contributed by atoms with E-state index in [9.17, 15) is 9.59 Å². The van der Waals surface area contributed by atoms with Gasteiger partial charge in [-0.25, -0.2) is 4.79 Å². The fourth-order valence-corrected chi connectivity index (χ4v) is 1.97. The Bertz CT molecular complexity index is 483. The molecule has 1 heterocycles. The number of carbonyl (C=O) groups excluding carboxylic acids is 2. The number of hydrogen-bond acceptors (Lipinski definition) is 5. The molecule has 90 valence electrons. The Morgan fingerprint density at radius 2 is 2.24 bits per heavy atom. The number of fused-ring (bicyclic) bond motifs is 1. The smallest absolute Gasteiger partial charge is 0.341 e. The van der Waals surface area contributed by atoms with E-state index >= 15 is 0 Å². The number of ether oxygens (including phenoxy) is 2. The van der Waals surface area contributed by atoms with Gasteiger partial charge in [0, 0.05) is 18.2 Å². The standard InChI is InChI=1S/C12H13NO4/c1-6(16-7(2)14)11-8-4-3-5-9(13)10(8)12(15)17-11/h3-6,11H,13H2,1-2H3. The molecule has 1 aromatic rings. The van der Waals surface area contributed by atoms with Gasteiger partial charge in [0.05, 0.1) is 5.56 Å². The van der Waals surface area contributed by atoms with Crippen LogP contribution in [0.5, 0.6) is 0 Å². The molecule has 0 fully saturated rings. The molecular formula is C12H13NO4. The summed E-state index contributed by atoms with van der Waals surface area (Å²) in [6.45, 7) is 2.99. The number of esters is 2. The van der Waals surface area contributed by atoms with Crippen molar-refractivity contribution in [2.24, 2.45) is 0 Å². The Balaban J connectivity index is 2.34. The lowest BCUT2D eigenvalue weighted by Gasteiger charge is -2.18. The van der Waals surface area contributed by atoms with Gasteiger partial charge >= 0.3 is 11.9 Å². The number of rotatable bonds is 2. The summed E-state index contributed by atoms with van der Waals surface area (Å²) in [5, 5.41) is 0. The SMILES string of the molecule is CC(=O)OC(C)C1OC(=O)c2c(N)cccc21. The van der Waals surface area contributed by atoms with Crippen molar-refractivity contribution in [3.63, 3.8) is 0 Å². The zero-order chi connectivity index (χ0) is 12.6. The molecule has 1 aliphatic rings. The molecule has 0 aromatic heterocycles. The molecule has 1 aliphatic heterocycles. The fourth-order valence-electron chi connectivity index (χ4n) is 1.97. The van der Waals surface area contributed by atoms with E-state index < -0.39 is 24.1 Å². The highest BCUT2D eigenvalue weighted by Gasteiger charge is 2.37. The van der Waals surface area contributed by atoms with Crippen LogP contribution < -0.4 is 5.73 Å². The van der Waals surface area contributed by atoms with Crippen LogP contribution in [0.25, 0.3) is 0 Å². The number of nitrogen functional groups attached to an aromatic ring is 1. The van der Waals surface area contributed by atoms with Gasteiger partial charge in [-0.05, 0) is 13.0 Å². The highest BCUT2D eigenvalue weighted by Crippen LogP contribution is 2.36. The Hall–Kier alpha value is -2.04. The number of hydrogen-bond donors (Lipinski definition) is 1. The van der Waals surface area contributed by atoms with Crippen LogP contribution in [0.15, 0.2) is 18.2 Å². The van der Waals surface area contributed by atoms with Crippen molar-refractivity contribution >= 4 is 17.6 Å². The summed E-state index contributed by atoms with van der Waals surface area (Å²) in [5.41, 5.74) is 7.14. The number of cyclic esters (lactones) is 1. The highest BCUT2D eigenvalue weighted by molar-refractivity contribution is 5.99. The van der Waals surface area contributed by atoms with Crippen molar-refractivity contribution in [3.8, 4) is 0 Å². The summed E-state index contributed by atoms with van der Waals surface area (Å²) >= 11 is 0. The zero-order valence-electron chi connectivity index (χ0n) is 9.60. The van der Waals surface area contributed by atoms with E-state index in [0.717, 1.165) is 0 Å². The quantitative estimate of drug-likeness (QED) is 0.619. The minimum atomic E-state index is -0.579. The molecule has 5 heteroatoms. The van der Waals surface area contributed by atoms with Crippen LogP contribution in [-0.4, -0.2) is 18.0 Å². The van der Waals surface area contributed by atoms with Crippen LogP contribution in [0, 0.1) is 0 Å². The number of carbonyl (C=O) groups is 2. The second-order valence-electron chi connectivity index (χ2n) is 3.95. The Labute approximate surface area is 98.5 Å². The van der Waals surface area contributed by atoms with E-state index in [2.05, 4.69) is 0 Å². The maximum absolute atomic E-state index is 11.6. The van der Waals surface area contributed by atoms with E-state index in [1.54, 1.807) is 25.1 Å². The van der Waals surface area contributed by atoms with Crippen molar-refractivity contribution in [2.45, 2.75) is 26.1 Å². The molecule has 2 atom stereocenters. The van der Waals surface area contributed by atoms with Gasteiger partial charge in [-0.2, -0.15) is 0 Å². The second-order valence-corrected chi connectivity index (χ2v) is 3.95. The summed E-state index contributed by atoms with van der Waals surface area (Å²) in [7, 11) is 0. The lowest BCUT2D eigenvalue weighted by Crippen LogP contribution is -2.21. The molecule has 0 saturated heterocycles. The summed E-state index contributed by atoms with van der Waals surface area (Å²) in [6.07, 6.45) is -1.11. The first-order chi connectivity index (χ1) is 8.00. The lowest BCUT2D eigenvalue weighted by molar-refractivity contribution is -0.151.